The highest BCUT2D eigenvalue weighted by Gasteiger charge is 2.24. The number of hydrogen-bond acceptors (Lipinski definition) is 5. The van der Waals surface area contributed by atoms with E-state index in [9.17, 15) is 4.79 Å². The van der Waals surface area contributed by atoms with Crippen LogP contribution in [0.1, 0.15) is 43.2 Å². The third kappa shape index (κ3) is 4.57. The number of carbonyl (C=O) groups is 1. The Morgan fingerprint density at radius 2 is 2.16 bits per heavy atom. The summed E-state index contributed by atoms with van der Waals surface area (Å²) in [7, 11) is 0. The van der Waals surface area contributed by atoms with E-state index in [1.165, 1.54) is 12.5 Å². The first kappa shape index (κ1) is 15.5. The molecule has 0 amide bonds. The Morgan fingerprint density at radius 1 is 1.47 bits per heavy atom. The summed E-state index contributed by atoms with van der Waals surface area (Å²) < 4.78 is 0. The minimum Gasteiger partial charge on any atom is -0.478 e. The molecule has 6 heteroatoms. The smallest absolute Gasteiger partial charge is 0.339 e. The normalized spacial score (nSPS) is 13.3. The standard InChI is InChI=1S/C13H21N3O3/c1-13(2,3)11(4-5-17)15-7-10-9(12(18)19)6-14-8-16-10/h6,8,11,15,17H,4-5,7H2,1-3H3,(H,18,19). The Labute approximate surface area is 112 Å². The number of rotatable bonds is 6. The lowest BCUT2D eigenvalue weighted by molar-refractivity contribution is 0.0694. The molecule has 1 aromatic rings. The van der Waals surface area contributed by atoms with Crippen LogP contribution in [0.2, 0.25) is 0 Å². The highest BCUT2D eigenvalue weighted by molar-refractivity contribution is 5.88. The van der Waals surface area contributed by atoms with Crippen LogP contribution >= 0.6 is 0 Å². The van der Waals surface area contributed by atoms with Crippen LogP contribution in [-0.4, -0.2) is 38.8 Å². The second-order valence-corrected chi connectivity index (χ2v) is 5.50. The molecule has 0 radical (unpaired) electrons. The molecule has 0 bridgehead atoms. The van der Waals surface area contributed by atoms with Gasteiger partial charge in [-0.1, -0.05) is 20.8 Å². The van der Waals surface area contributed by atoms with Crippen molar-refractivity contribution >= 4 is 5.97 Å². The van der Waals surface area contributed by atoms with Crippen molar-refractivity contribution in [2.45, 2.75) is 39.8 Å². The van der Waals surface area contributed by atoms with Gasteiger partial charge in [0.05, 0.1) is 5.69 Å². The van der Waals surface area contributed by atoms with Crippen molar-refractivity contribution in [3.8, 4) is 0 Å². The number of aromatic carboxylic acids is 1. The summed E-state index contributed by atoms with van der Waals surface area (Å²) in [5.74, 6) is -1.04. The van der Waals surface area contributed by atoms with Gasteiger partial charge in [-0.2, -0.15) is 0 Å². The van der Waals surface area contributed by atoms with E-state index in [0.717, 1.165) is 0 Å². The maximum atomic E-state index is 11.0. The highest BCUT2D eigenvalue weighted by atomic mass is 16.4. The third-order valence-electron chi connectivity index (χ3n) is 3.00. The third-order valence-corrected chi connectivity index (χ3v) is 3.00. The average Bonchev–Trinajstić information content (AvgIpc) is 2.33. The summed E-state index contributed by atoms with van der Waals surface area (Å²) in [5, 5.41) is 21.4. The minimum absolute atomic E-state index is 0.0286. The fourth-order valence-electron chi connectivity index (χ4n) is 1.86. The van der Waals surface area contributed by atoms with E-state index in [0.29, 0.717) is 18.7 Å². The Morgan fingerprint density at radius 3 is 2.68 bits per heavy atom. The fourth-order valence-corrected chi connectivity index (χ4v) is 1.86. The quantitative estimate of drug-likeness (QED) is 0.713. The average molecular weight is 267 g/mol. The molecular weight excluding hydrogens is 246 g/mol. The van der Waals surface area contributed by atoms with Crippen molar-refractivity contribution in [2.75, 3.05) is 6.61 Å². The van der Waals surface area contributed by atoms with Gasteiger partial charge in [-0.15, -0.1) is 0 Å². The van der Waals surface area contributed by atoms with Gasteiger partial charge in [0.15, 0.2) is 0 Å². The molecule has 1 heterocycles. The van der Waals surface area contributed by atoms with Crippen molar-refractivity contribution in [3.63, 3.8) is 0 Å². The number of aliphatic hydroxyl groups excluding tert-OH is 1. The van der Waals surface area contributed by atoms with Crippen molar-refractivity contribution < 1.29 is 15.0 Å². The van der Waals surface area contributed by atoms with E-state index >= 15 is 0 Å². The monoisotopic (exact) mass is 267 g/mol. The van der Waals surface area contributed by atoms with Crippen molar-refractivity contribution in [1.29, 1.82) is 0 Å². The van der Waals surface area contributed by atoms with Crippen LogP contribution in [0, 0.1) is 5.41 Å². The van der Waals surface area contributed by atoms with Crippen molar-refractivity contribution in [1.82, 2.24) is 15.3 Å². The maximum absolute atomic E-state index is 11.0. The van der Waals surface area contributed by atoms with Crippen molar-refractivity contribution in [3.05, 3.63) is 23.8 Å². The first-order chi connectivity index (χ1) is 8.86. The van der Waals surface area contributed by atoms with Gasteiger partial charge in [-0.25, -0.2) is 14.8 Å². The molecule has 1 aromatic heterocycles. The van der Waals surface area contributed by atoms with Crippen LogP contribution in [0.25, 0.3) is 0 Å². The zero-order valence-electron chi connectivity index (χ0n) is 11.6. The Hall–Kier alpha value is -1.53. The Kier molecular flexibility index (Phi) is 5.38. The molecule has 0 aromatic carbocycles. The number of nitrogens with one attached hydrogen (secondary N) is 1. The first-order valence-electron chi connectivity index (χ1n) is 6.22. The number of carboxylic acids is 1. The molecule has 0 fully saturated rings. The molecule has 3 N–H and O–H groups in total. The molecule has 106 valence electrons. The van der Waals surface area contributed by atoms with Crippen LogP contribution in [0.5, 0.6) is 0 Å². The second-order valence-electron chi connectivity index (χ2n) is 5.50. The lowest BCUT2D eigenvalue weighted by Crippen LogP contribution is -2.41. The molecule has 0 saturated heterocycles. The molecule has 6 nitrogen and oxygen atoms in total. The molecule has 1 atom stereocenters. The van der Waals surface area contributed by atoms with Gasteiger partial charge in [0.2, 0.25) is 0 Å². The van der Waals surface area contributed by atoms with Gasteiger partial charge in [0, 0.05) is 25.4 Å². The second kappa shape index (κ2) is 6.58. The predicted molar refractivity (Wildman–Crippen MR) is 70.8 cm³/mol. The fraction of sp³-hybridized carbons (Fsp3) is 0.615. The van der Waals surface area contributed by atoms with Crippen LogP contribution < -0.4 is 5.32 Å². The molecule has 0 aliphatic heterocycles. The number of carboxylic acid groups (broad SMARTS) is 1. The molecule has 19 heavy (non-hydrogen) atoms. The Bertz CT molecular complexity index is 429. The summed E-state index contributed by atoms with van der Waals surface area (Å²) in [6.07, 6.45) is 3.24. The molecule has 0 spiro atoms. The lowest BCUT2D eigenvalue weighted by Gasteiger charge is -2.31. The summed E-state index contributed by atoms with van der Waals surface area (Å²) in [6, 6.07) is 0.0779. The number of aliphatic hydroxyl groups is 1. The van der Waals surface area contributed by atoms with E-state index in [1.807, 2.05) is 0 Å². The molecule has 0 saturated carbocycles. The van der Waals surface area contributed by atoms with E-state index in [4.69, 9.17) is 10.2 Å². The van der Waals surface area contributed by atoms with E-state index < -0.39 is 5.97 Å². The van der Waals surface area contributed by atoms with Gasteiger partial charge >= 0.3 is 5.97 Å². The summed E-state index contributed by atoms with van der Waals surface area (Å²) in [4.78, 5) is 18.8. The lowest BCUT2D eigenvalue weighted by atomic mass is 9.85. The van der Waals surface area contributed by atoms with Crippen LogP contribution in [0.4, 0.5) is 0 Å². The first-order valence-corrected chi connectivity index (χ1v) is 6.22. The topological polar surface area (TPSA) is 95.3 Å². The molecule has 1 unspecified atom stereocenters. The molecular formula is C13H21N3O3. The summed E-state index contributed by atoms with van der Waals surface area (Å²) >= 11 is 0. The SMILES string of the molecule is CC(C)(C)C(CCO)NCc1ncncc1C(=O)O. The van der Waals surface area contributed by atoms with Gasteiger partial charge in [-0.3, -0.25) is 0 Å². The zero-order valence-corrected chi connectivity index (χ0v) is 11.6. The summed E-state index contributed by atoms with van der Waals surface area (Å²) in [5.41, 5.74) is 0.528. The zero-order chi connectivity index (χ0) is 14.5. The van der Waals surface area contributed by atoms with E-state index in [-0.39, 0.29) is 23.6 Å². The number of aromatic nitrogens is 2. The predicted octanol–water partition coefficient (Wildman–Crippen LogP) is 1.06. The molecule has 0 aliphatic rings. The maximum Gasteiger partial charge on any atom is 0.339 e. The van der Waals surface area contributed by atoms with Gasteiger partial charge in [-0.05, 0) is 11.8 Å². The van der Waals surface area contributed by atoms with E-state index in [2.05, 4.69) is 36.1 Å². The van der Waals surface area contributed by atoms with Gasteiger partial charge in [0.1, 0.15) is 11.9 Å². The highest BCUT2D eigenvalue weighted by Crippen LogP contribution is 2.22. The number of hydrogen-bond donors (Lipinski definition) is 3. The van der Waals surface area contributed by atoms with Gasteiger partial charge < -0.3 is 15.5 Å². The molecule has 0 aliphatic carbocycles. The van der Waals surface area contributed by atoms with Crippen LogP contribution in [0.3, 0.4) is 0 Å². The van der Waals surface area contributed by atoms with E-state index in [1.54, 1.807) is 0 Å². The Balaban J connectivity index is 2.77. The van der Waals surface area contributed by atoms with Crippen LogP contribution in [0.15, 0.2) is 12.5 Å². The largest absolute Gasteiger partial charge is 0.478 e. The minimum atomic E-state index is -1.04. The van der Waals surface area contributed by atoms with Crippen molar-refractivity contribution in [2.24, 2.45) is 5.41 Å². The van der Waals surface area contributed by atoms with Gasteiger partial charge in [0.25, 0.3) is 0 Å². The molecule has 1 rings (SSSR count). The summed E-state index contributed by atoms with van der Waals surface area (Å²) in [6.45, 7) is 6.63. The number of nitrogens with zero attached hydrogens (tertiary/aromatic N) is 2. The van der Waals surface area contributed by atoms with Crippen LogP contribution in [-0.2, 0) is 6.54 Å².